The molecule has 0 spiro atoms. The molecule has 0 amide bonds. The van der Waals surface area contributed by atoms with Gasteiger partial charge in [-0.2, -0.15) is 0 Å². The normalized spacial score (nSPS) is 25.8. The minimum Gasteiger partial charge on any atom is -0.383 e. The number of nitrogens with zero attached hydrogens (tertiary/aromatic N) is 3. The highest BCUT2D eigenvalue weighted by Gasteiger charge is 2.25. The Morgan fingerprint density at radius 1 is 1.53 bits per heavy atom. The average molecular weight is 300 g/mol. The number of piperidine rings is 1. The predicted octanol–water partition coefficient (Wildman–Crippen LogP) is 1.57. The molecule has 94 valence electrons. The Hall–Kier alpha value is -0.880. The van der Waals surface area contributed by atoms with Gasteiger partial charge in [0.25, 0.3) is 0 Å². The summed E-state index contributed by atoms with van der Waals surface area (Å²) in [6, 6.07) is 0.441. The van der Waals surface area contributed by atoms with E-state index in [1.807, 2.05) is 0 Å². The van der Waals surface area contributed by atoms with E-state index in [9.17, 15) is 0 Å². The van der Waals surface area contributed by atoms with Crippen LogP contribution in [-0.4, -0.2) is 41.0 Å². The van der Waals surface area contributed by atoms with Gasteiger partial charge in [0.2, 0.25) is 0 Å². The second kappa shape index (κ2) is 5.18. The van der Waals surface area contributed by atoms with E-state index in [2.05, 4.69) is 50.1 Å². The summed E-state index contributed by atoms with van der Waals surface area (Å²) in [6.45, 7) is 4.47. The van der Waals surface area contributed by atoms with Crippen molar-refractivity contribution in [2.24, 2.45) is 5.92 Å². The summed E-state index contributed by atoms with van der Waals surface area (Å²) >= 11 is 3.42. The van der Waals surface area contributed by atoms with Crippen molar-refractivity contribution in [1.29, 1.82) is 0 Å². The summed E-state index contributed by atoms with van der Waals surface area (Å²) in [4.78, 5) is 10.5. The fourth-order valence-corrected chi connectivity index (χ4v) is 2.55. The van der Waals surface area contributed by atoms with Crippen molar-refractivity contribution in [3.05, 3.63) is 10.8 Å². The highest BCUT2D eigenvalue weighted by atomic mass is 79.9. The molecular formula is C11H18BrN5. The van der Waals surface area contributed by atoms with Gasteiger partial charge in [0.05, 0.1) is 0 Å². The number of rotatable bonds is 2. The van der Waals surface area contributed by atoms with E-state index >= 15 is 0 Å². The monoisotopic (exact) mass is 299 g/mol. The average Bonchev–Trinajstić information content (AvgIpc) is 2.28. The van der Waals surface area contributed by atoms with Crippen LogP contribution in [0, 0.1) is 5.92 Å². The smallest absolute Gasteiger partial charge is 0.146 e. The van der Waals surface area contributed by atoms with Gasteiger partial charge in [0.1, 0.15) is 22.4 Å². The molecule has 2 heterocycles. The Bertz CT molecular complexity index is 397. The van der Waals surface area contributed by atoms with Crippen LogP contribution < -0.4 is 11.1 Å². The Kier molecular flexibility index (Phi) is 3.83. The number of aromatic nitrogens is 2. The minimum absolute atomic E-state index is 0.441. The quantitative estimate of drug-likeness (QED) is 0.868. The lowest BCUT2D eigenvalue weighted by molar-refractivity contribution is 0.206. The lowest BCUT2D eigenvalue weighted by Crippen LogP contribution is -2.43. The molecule has 17 heavy (non-hydrogen) atoms. The number of anilines is 2. The van der Waals surface area contributed by atoms with Gasteiger partial charge in [-0.25, -0.2) is 9.97 Å². The van der Waals surface area contributed by atoms with E-state index in [-0.39, 0.29) is 0 Å². The van der Waals surface area contributed by atoms with Gasteiger partial charge < -0.3 is 16.0 Å². The minimum atomic E-state index is 0.441. The summed E-state index contributed by atoms with van der Waals surface area (Å²) in [7, 11) is 2.16. The largest absolute Gasteiger partial charge is 0.383 e. The van der Waals surface area contributed by atoms with E-state index in [4.69, 9.17) is 5.73 Å². The highest BCUT2D eigenvalue weighted by Crippen LogP contribution is 2.27. The summed E-state index contributed by atoms with van der Waals surface area (Å²) in [6.07, 6.45) is 2.61. The first-order valence-electron chi connectivity index (χ1n) is 5.79. The SMILES string of the molecule is CC1CN(C)CCC1Nc1ncnc(N)c1Br. The van der Waals surface area contributed by atoms with Crippen LogP contribution in [0.25, 0.3) is 0 Å². The Morgan fingerprint density at radius 3 is 3.00 bits per heavy atom. The van der Waals surface area contributed by atoms with E-state index in [0.29, 0.717) is 17.8 Å². The van der Waals surface area contributed by atoms with Crippen molar-refractivity contribution in [3.8, 4) is 0 Å². The molecular weight excluding hydrogens is 282 g/mol. The molecule has 1 saturated heterocycles. The molecule has 1 aliphatic rings. The molecule has 0 aromatic carbocycles. The van der Waals surface area contributed by atoms with Crippen molar-refractivity contribution < 1.29 is 0 Å². The first kappa shape index (κ1) is 12.6. The van der Waals surface area contributed by atoms with Crippen LogP contribution in [0.2, 0.25) is 0 Å². The van der Waals surface area contributed by atoms with Gasteiger partial charge in [-0.05, 0) is 41.9 Å². The molecule has 6 heteroatoms. The summed E-state index contributed by atoms with van der Waals surface area (Å²) < 4.78 is 0.756. The molecule has 2 atom stereocenters. The first-order valence-corrected chi connectivity index (χ1v) is 6.58. The summed E-state index contributed by atoms with van der Waals surface area (Å²) in [5.41, 5.74) is 5.74. The Labute approximate surface area is 110 Å². The van der Waals surface area contributed by atoms with Crippen LogP contribution in [-0.2, 0) is 0 Å². The first-order chi connectivity index (χ1) is 8.08. The second-order valence-electron chi connectivity index (χ2n) is 4.70. The molecule has 3 N–H and O–H groups in total. The summed E-state index contributed by atoms with van der Waals surface area (Å²) in [5.74, 6) is 1.86. The van der Waals surface area contributed by atoms with Gasteiger partial charge in [0.15, 0.2) is 0 Å². The van der Waals surface area contributed by atoms with Crippen LogP contribution in [0.3, 0.4) is 0 Å². The van der Waals surface area contributed by atoms with Crippen molar-refractivity contribution >= 4 is 27.6 Å². The molecule has 0 aliphatic carbocycles. The van der Waals surface area contributed by atoms with Crippen molar-refractivity contribution in [2.45, 2.75) is 19.4 Å². The number of nitrogens with one attached hydrogen (secondary N) is 1. The van der Waals surface area contributed by atoms with E-state index < -0.39 is 0 Å². The number of nitrogen functional groups attached to an aromatic ring is 1. The molecule has 2 unspecified atom stereocenters. The second-order valence-corrected chi connectivity index (χ2v) is 5.49. The number of nitrogens with two attached hydrogens (primary N) is 1. The molecule has 1 aliphatic heterocycles. The van der Waals surface area contributed by atoms with Crippen LogP contribution in [0.4, 0.5) is 11.6 Å². The molecule has 5 nitrogen and oxygen atoms in total. The standard InChI is InChI=1S/C11H18BrN5/c1-7-5-17(2)4-3-8(7)16-11-9(12)10(13)14-6-15-11/h6-8H,3-5H2,1-2H3,(H3,13,14,15,16). The van der Waals surface area contributed by atoms with Crippen molar-refractivity contribution in [3.63, 3.8) is 0 Å². The van der Waals surface area contributed by atoms with Gasteiger partial charge in [-0.1, -0.05) is 6.92 Å². The molecule has 0 saturated carbocycles. The van der Waals surface area contributed by atoms with E-state index in [1.54, 1.807) is 0 Å². The highest BCUT2D eigenvalue weighted by molar-refractivity contribution is 9.10. The maximum atomic E-state index is 5.74. The number of likely N-dealkylation sites (tertiary alicyclic amines) is 1. The topological polar surface area (TPSA) is 67.1 Å². The molecule has 1 aromatic rings. The maximum absolute atomic E-state index is 5.74. The fourth-order valence-electron chi connectivity index (χ4n) is 2.23. The Balaban J connectivity index is 2.08. The van der Waals surface area contributed by atoms with Crippen molar-refractivity contribution in [1.82, 2.24) is 14.9 Å². The fraction of sp³-hybridized carbons (Fsp3) is 0.636. The number of hydrogen-bond acceptors (Lipinski definition) is 5. The molecule has 1 aromatic heterocycles. The van der Waals surface area contributed by atoms with Gasteiger partial charge >= 0.3 is 0 Å². The van der Waals surface area contributed by atoms with Crippen LogP contribution >= 0.6 is 15.9 Å². The predicted molar refractivity (Wildman–Crippen MR) is 72.8 cm³/mol. The van der Waals surface area contributed by atoms with Gasteiger partial charge in [-0.15, -0.1) is 0 Å². The summed E-state index contributed by atoms with van der Waals surface area (Å²) in [5, 5.41) is 3.46. The third-order valence-corrected chi connectivity index (χ3v) is 4.03. The third kappa shape index (κ3) is 2.87. The lowest BCUT2D eigenvalue weighted by atomic mass is 9.94. The van der Waals surface area contributed by atoms with Gasteiger partial charge in [-0.3, -0.25) is 0 Å². The zero-order valence-electron chi connectivity index (χ0n) is 10.2. The Morgan fingerprint density at radius 2 is 2.29 bits per heavy atom. The van der Waals surface area contributed by atoms with E-state index in [1.165, 1.54) is 6.33 Å². The lowest BCUT2D eigenvalue weighted by Gasteiger charge is -2.35. The number of halogens is 1. The van der Waals surface area contributed by atoms with Crippen LogP contribution in [0.15, 0.2) is 10.8 Å². The molecule has 0 bridgehead atoms. The van der Waals surface area contributed by atoms with Crippen molar-refractivity contribution in [2.75, 3.05) is 31.2 Å². The third-order valence-electron chi connectivity index (χ3n) is 3.25. The number of hydrogen-bond donors (Lipinski definition) is 2. The molecule has 1 fully saturated rings. The maximum Gasteiger partial charge on any atom is 0.146 e. The van der Waals surface area contributed by atoms with Gasteiger partial charge in [0, 0.05) is 12.6 Å². The zero-order valence-corrected chi connectivity index (χ0v) is 11.7. The van der Waals surface area contributed by atoms with E-state index in [0.717, 1.165) is 29.8 Å². The zero-order chi connectivity index (χ0) is 12.4. The van der Waals surface area contributed by atoms with Crippen LogP contribution in [0.1, 0.15) is 13.3 Å². The molecule has 2 rings (SSSR count). The van der Waals surface area contributed by atoms with Crippen LogP contribution in [0.5, 0.6) is 0 Å². The molecule has 0 radical (unpaired) electrons.